The van der Waals surface area contributed by atoms with Crippen molar-refractivity contribution in [1.29, 1.82) is 0 Å². The van der Waals surface area contributed by atoms with E-state index in [1.807, 2.05) is 24.3 Å². The number of nitrogens with one attached hydrogen (secondary N) is 2. The highest BCUT2D eigenvalue weighted by molar-refractivity contribution is 6.01. The number of nitrogens with zero attached hydrogens (tertiary/aromatic N) is 2. The van der Waals surface area contributed by atoms with Crippen LogP contribution >= 0.6 is 0 Å². The van der Waals surface area contributed by atoms with E-state index in [2.05, 4.69) is 83.6 Å². The molecule has 0 aliphatic carbocycles. The summed E-state index contributed by atoms with van der Waals surface area (Å²) >= 11 is 0. The molecule has 7 nitrogen and oxygen atoms in total. The molecule has 212 valence electrons. The molecule has 2 fully saturated rings. The van der Waals surface area contributed by atoms with Gasteiger partial charge in [-0.25, -0.2) is 0 Å². The molecule has 6 rings (SSSR count). The second-order valence-electron chi connectivity index (χ2n) is 11.4. The molecule has 0 spiro atoms. The Labute approximate surface area is 242 Å². The highest BCUT2D eigenvalue weighted by Gasteiger charge is 2.39. The Kier molecular flexibility index (Phi) is 7.90. The molecule has 3 aliphatic heterocycles. The topological polar surface area (TPSA) is 73.9 Å². The molecular formula is C34H38N4O3. The van der Waals surface area contributed by atoms with Crippen molar-refractivity contribution in [2.75, 3.05) is 13.1 Å². The van der Waals surface area contributed by atoms with E-state index < -0.39 is 6.04 Å². The molecular weight excluding hydrogens is 512 g/mol. The number of piperidine rings is 2. The van der Waals surface area contributed by atoms with Crippen molar-refractivity contribution in [1.82, 2.24) is 20.4 Å². The molecule has 0 saturated carbocycles. The summed E-state index contributed by atoms with van der Waals surface area (Å²) in [6, 6.07) is 26.8. The van der Waals surface area contributed by atoms with Gasteiger partial charge in [0.1, 0.15) is 17.9 Å². The van der Waals surface area contributed by atoms with E-state index in [1.165, 1.54) is 11.1 Å². The van der Waals surface area contributed by atoms with Crippen LogP contribution in [0.4, 0.5) is 0 Å². The van der Waals surface area contributed by atoms with Crippen molar-refractivity contribution in [3.8, 4) is 5.75 Å². The Morgan fingerprint density at radius 2 is 1.78 bits per heavy atom. The lowest BCUT2D eigenvalue weighted by Gasteiger charge is -2.41. The second kappa shape index (κ2) is 11.9. The molecule has 0 aromatic heterocycles. The predicted octanol–water partition coefficient (Wildman–Crippen LogP) is 4.81. The summed E-state index contributed by atoms with van der Waals surface area (Å²) in [7, 11) is 0. The van der Waals surface area contributed by atoms with Crippen LogP contribution in [0.15, 0.2) is 91.1 Å². The number of fused-ring (bicyclic) bond motifs is 1. The number of allylic oxidation sites excluding steroid dienone is 1. The van der Waals surface area contributed by atoms with E-state index in [9.17, 15) is 9.59 Å². The Morgan fingerprint density at radius 1 is 1.02 bits per heavy atom. The summed E-state index contributed by atoms with van der Waals surface area (Å²) in [5, 5.41) is 6.57. The highest BCUT2D eigenvalue weighted by Crippen LogP contribution is 2.32. The molecule has 2 N–H and O–H groups in total. The third-order valence-electron chi connectivity index (χ3n) is 8.73. The normalized spacial score (nSPS) is 23.7. The van der Waals surface area contributed by atoms with Crippen LogP contribution in [-0.2, 0) is 17.9 Å². The quantitative estimate of drug-likeness (QED) is 0.421. The fourth-order valence-electron chi connectivity index (χ4n) is 6.31. The van der Waals surface area contributed by atoms with Gasteiger partial charge in [-0.3, -0.25) is 14.5 Å². The average Bonchev–Trinajstić information content (AvgIpc) is 3.32. The van der Waals surface area contributed by atoms with Gasteiger partial charge in [-0.2, -0.15) is 0 Å². The van der Waals surface area contributed by atoms with Crippen molar-refractivity contribution < 1.29 is 14.3 Å². The van der Waals surface area contributed by atoms with Gasteiger partial charge >= 0.3 is 0 Å². The minimum Gasteiger partial charge on any atom is -0.487 e. The number of carbonyl (C=O) groups excluding carboxylic acids is 2. The number of carbonyl (C=O) groups is 2. The van der Waals surface area contributed by atoms with E-state index >= 15 is 0 Å². The van der Waals surface area contributed by atoms with Gasteiger partial charge in [0.25, 0.3) is 5.91 Å². The van der Waals surface area contributed by atoms with Crippen LogP contribution in [0.5, 0.6) is 5.75 Å². The van der Waals surface area contributed by atoms with Gasteiger partial charge in [0.2, 0.25) is 5.91 Å². The third kappa shape index (κ3) is 5.92. The number of amides is 2. The lowest BCUT2D eigenvalue weighted by atomic mass is 9.97. The number of likely N-dealkylation sites (tertiary alicyclic amines) is 1. The van der Waals surface area contributed by atoms with Crippen LogP contribution in [0, 0.1) is 0 Å². The second-order valence-corrected chi connectivity index (χ2v) is 11.4. The Morgan fingerprint density at radius 3 is 2.54 bits per heavy atom. The van der Waals surface area contributed by atoms with E-state index in [1.54, 1.807) is 4.90 Å². The number of benzene rings is 3. The molecule has 4 atom stereocenters. The largest absolute Gasteiger partial charge is 0.487 e. The van der Waals surface area contributed by atoms with E-state index in [4.69, 9.17) is 4.74 Å². The molecule has 0 bridgehead atoms. The predicted molar refractivity (Wildman–Crippen MR) is 159 cm³/mol. The summed E-state index contributed by atoms with van der Waals surface area (Å²) in [5.41, 5.74) is 4.82. The Balaban J connectivity index is 1.19. The maximum Gasteiger partial charge on any atom is 0.255 e. The first-order valence-corrected chi connectivity index (χ1v) is 14.6. The maximum absolute atomic E-state index is 13.2. The van der Waals surface area contributed by atoms with E-state index in [-0.39, 0.29) is 30.0 Å². The van der Waals surface area contributed by atoms with Crippen molar-refractivity contribution in [3.63, 3.8) is 0 Å². The monoisotopic (exact) mass is 550 g/mol. The summed E-state index contributed by atoms with van der Waals surface area (Å²) in [6.07, 6.45) is 2.18. The van der Waals surface area contributed by atoms with Gasteiger partial charge in [0.05, 0.1) is 0 Å². The van der Waals surface area contributed by atoms with E-state index in [0.29, 0.717) is 30.6 Å². The standard InChI is InChI=1S/C34H38N4O3/c1-23-13-16-31(33(39)36-23)38-21-27-19-28(14-15-29(27)34(38)40)41-32-22-37(24(2)26-11-7-4-8-12-26)18-17-30(32)35-20-25-9-5-3-6-10-25/h3-12,14-15,19,24,30-32,35H,1,13,16-18,20-22H2,2H3,(H,36,39)/t24-,30?,31?,32?/m1/s1. The first kappa shape index (κ1) is 27.2. The van der Waals surface area contributed by atoms with Crippen LogP contribution in [-0.4, -0.2) is 52.9 Å². The maximum atomic E-state index is 13.2. The molecule has 2 saturated heterocycles. The van der Waals surface area contributed by atoms with Gasteiger partial charge in [-0.1, -0.05) is 67.2 Å². The van der Waals surface area contributed by atoms with Crippen LogP contribution in [0.25, 0.3) is 0 Å². The van der Waals surface area contributed by atoms with E-state index in [0.717, 1.165) is 37.4 Å². The number of rotatable bonds is 8. The molecule has 3 unspecified atom stereocenters. The summed E-state index contributed by atoms with van der Waals surface area (Å²) in [6.45, 7) is 9.08. The molecule has 7 heteroatoms. The molecule has 0 radical (unpaired) electrons. The zero-order valence-corrected chi connectivity index (χ0v) is 23.6. The smallest absolute Gasteiger partial charge is 0.255 e. The highest BCUT2D eigenvalue weighted by atomic mass is 16.5. The van der Waals surface area contributed by atoms with Gasteiger partial charge in [0, 0.05) is 49.5 Å². The SMILES string of the molecule is C=C1CCC(N2Cc3cc(OC4CN([C@H](C)c5ccccc5)CCC4NCc4ccccc4)ccc3C2=O)C(=O)N1. The van der Waals surface area contributed by atoms with Gasteiger partial charge < -0.3 is 20.3 Å². The molecule has 3 aromatic rings. The molecule has 3 heterocycles. The van der Waals surface area contributed by atoms with Gasteiger partial charge in [-0.05, 0) is 61.1 Å². The van der Waals surface area contributed by atoms with Crippen LogP contribution in [0.3, 0.4) is 0 Å². The lowest BCUT2D eigenvalue weighted by Crippen LogP contribution is -2.55. The molecule has 2 amide bonds. The first-order chi connectivity index (χ1) is 20.0. The summed E-state index contributed by atoms with van der Waals surface area (Å²) in [4.78, 5) is 30.0. The summed E-state index contributed by atoms with van der Waals surface area (Å²) in [5.74, 6) is 0.508. The summed E-state index contributed by atoms with van der Waals surface area (Å²) < 4.78 is 6.72. The van der Waals surface area contributed by atoms with Crippen molar-refractivity contribution in [2.24, 2.45) is 0 Å². The van der Waals surface area contributed by atoms with Gasteiger partial charge in [0.15, 0.2) is 0 Å². The first-order valence-electron chi connectivity index (χ1n) is 14.6. The lowest BCUT2D eigenvalue weighted by molar-refractivity contribution is -0.126. The van der Waals surface area contributed by atoms with Crippen LogP contribution in [0.1, 0.15) is 59.3 Å². The van der Waals surface area contributed by atoms with Gasteiger partial charge in [-0.15, -0.1) is 0 Å². The Bertz CT molecular complexity index is 1410. The number of hydrogen-bond acceptors (Lipinski definition) is 5. The van der Waals surface area contributed by atoms with Crippen molar-refractivity contribution in [2.45, 2.75) is 63.5 Å². The fourth-order valence-corrected chi connectivity index (χ4v) is 6.31. The number of ether oxygens (including phenoxy) is 1. The zero-order valence-electron chi connectivity index (χ0n) is 23.6. The average molecular weight is 551 g/mol. The minimum absolute atomic E-state index is 0.0694. The molecule has 3 aromatic carbocycles. The minimum atomic E-state index is -0.470. The van der Waals surface area contributed by atoms with Crippen molar-refractivity contribution >= 4 is 11.8 Å². The van der Waals surface area contributed by atoms with Crippen LogP contribution < -0.4 is 15.4 Å². The van der Waals surface area contributed by atoms with Crippen LogP contribution in [0.2, 0.25) is 0 Å². The zero-order chi connectivity index (χ0) is 28.3. The number of hydrogen-bond donors (Lipinski definition) is 2. The van der Waals surface area contributed by atoms with Crippen molar-refractivity contribution in [3.05, 3.63) is 113 Å². The molecule has 3 aliphatic rings. The Hall–Kier alpha value is -3.94. The third-order valence-corrected chi connectivity index (χ3v) is 8.73. The molecule has 41 heavy (non-hydrogen) atoms. The fraction of sp³-hybridized carbons (Fsp3) is 0.353.